The van der Waals surface area contributed by atoms with Gasteiger partial charge in [-0.1, -0.05) is 35.2 Å². The summed E-state index contributed by atoms with van der Waals surface area (Å²) in [6, 6.07) is 0. The lowest BCUT2D eigenvalue weighted by molar-refractivity contribution is -0.390. The molecule has 0 unspecified atom stereocenters. The standard InChI is InChI=1S/C12H18BrN3O2/c1-10-7-15(14-11(10)16(17)18)9-12(8-13)5-3-2-4-6-12/h7H,2-6,8-9H2,1H3. The second-order valence-electron chi connectivity index (χ2n) is 5.28. The summed E-state index contributed by atoms with van der Waals surface area (Å²) in [6.07, 6.45) is 7.92. The van der Waals surface area contributed by atoms with Gasteiger partial charge in [0.1, 0.15) is 0 Å². The summed E-state index contributed by atoms with van der Waals surface area (Å²) in [5.74, 6) is -0.0180. The van der Waals surface area contributed by atoms with E-state index >= 15 is 0 Å². The molecular formula is C12H18BrN3O2. The van der Waals surface area contributed by atoms with Crippen molar-refractivity contribution in [1.82, 2.24) is 9.78 Å². The Bertz CT molecular complexity index is 439. The SMILES string of the molecule is Cc1cn(CC2(CBr)CCCCC2)nc1[N+](=O)[O-]. The van der Waals surface area contributed by atoms with E-state index in [9.17, 15) is 10.1 Å². The van der Waals surface area contributed by atoms with Crippen molar-refractivity contribution in [3.8, 4) is 0 Å². The number of alkyl halides is 1. The van der Waals surface area contributed by atoms with Crippen LogP contribution in [0, 0.1) is 22.5 Å². The van der Waals surface area contributed by atoms with Crippen LogP contribution in [0.5, 0.6) is 0 Å². The molecule has 0 radical (unpaired) electrons. The van der Waals surface area contributed by atoms with Crippen LogP contribution in [-0.4, -0.2) is 20.0 Å². The van der Waals surface area contributed by atoms with E-state index in [0.717, 1.165) is 11.9 Å². The number of halogens is 1. The topological polar surface area (TPSA) is 61.0 Å². The molecule has 1 aromatic heterocycles. The molecule has 0 bridgehead atoms. The molecule has 0 aliphatic heterocycles. The van der Waals surface area contributed by atoms with E-state index in [1.54, 1.807) is 17.8 Å². The van der Waals surface area contributed by atoms with Crippen molar-refractivity contribution < 1.29 is 4.92 Å². The second-order valence-corrected chi connectivity index (χ2v) is 5.85. The minimum Gasteiger partial charge on any atom is -0.358 e. The Morgan fingerprint density at radius 2 is 2.17 bits per heavy atom. The summed E-state index contributed by atoms with van der Waals surface area (Å²) >= 11 is 3.60. The van der Waals surface area contributed by atoms with E-state index in [1.165, 1.54) is 32.1 Å². The summed E-state index contributed by atoms with van der Waals surface area (Å²) in [7, 11) is 0. The van der Waals surface area contributed by atoms with Crippen molar-refractivity contribution in [3.05, 3.63) is 21.9 Å². The second kappa shape index (κ2) is 5.38. The first-order valence-corrected chi connectivity index (χ1v) is 7.43. The quantitative estimate of drug-likeness (QED) is 0.485. The van der Waals surface area contributed by atoms with Gasteiger partial charge in [-0.05, 0) is 24.7 Å². The first kappa shape index (κ1) is 13.5. The molecule has 6 heteroatoms. The lowest BCUT2D eigenvalue weighted by Gasteiger charge is -2.34. The highest BCUT2D eigenvalue weighted by Gasteiger charge is 2.33. The van der Waals surface area contributed by atoms with Crippen LogP contribution in [0.25, 0.3) is 0 Å². The van der Waals surface area contributed by atoms with E-state index in [0.29, 0.717) is 5.56 Å². The number of nitrogens with zero attached hydrogens (tertiary/aromatic N) is 3. The number of hydrogen-bond acceptors (Lipinski definition) is 3. The van der Waals surface area contributed by atoms with Gasteiger partial charge in [0.25, 0.3) is 0 Å². The van der Waals surface area contributed by atoms with Gasteiger partial charge in [-0.25, -0.2) is 0 Å². The third-order valence-electron chi connectivity index (χ3n) is 3.79. The number of rotatable bonds is 4. The Labute approximate surface area is 115 Å². The molecule has 0 N–H and O–H groups in total. The first-order chi connectivity index (χ1) is 8.56. The van der Waals surface area contributed by atoms with Crippen LogP contribution in [0.3, 0.4) is 0 Å². The summed E-state index contributed by atoms with van der Waals surface area (Å²) in [6.45, 7) is 2.51. The van der Waals surface area contributed by atoms with E-state index in [1.807, 2.05) is 0 Å². The molecule has 18 heavy (non-hydrogen) atoms. The normalized spacial score (nSPS) is 18.8. The molecular weight excluding hydrogens is 298 g/mol. The average molecular weight is 316 g/mol. The summed E-state index contributed by atoms with van der Waals surface area (Å²) in [5.41, 5.74) is 0.852. The zero-order valence-corrected chi connectivity index (χ0v) is 12.1. The predicted octanol–water partition coefficient (Wildman–Crippen LogP) is 3.45. The van der Waals surface area contributed by atoms with Gasteiger partial charge in [-0.3, -0.25) is 0 Å². The summed E-state index contributed by atoms with van der Waals surface area (Å²) in [5, 5.41) is 15.8. The Kier molecular flexibility index (Phi) is 4.04. The highest BCUT2D eigenvalue weighted by atomic mass is 79.9. The Balaban J connectivity index is 2.16. The molecule has 1 aliphatic carbocycles. The molecule has 0 amide bonds. The number of nitro groups is 1. The first-order valence-electron chi connectivity index (χ1n) is 6.31. The zero-order chi connectivity index (χ0) is 13.2. The van der Waals surface area contributed by atoms with E-state index in [-0.39, 0.29) is 11.2 Å². The maximum absolute atomic E-state index is 10.8. The average Bonchev–Trinajstić information content (AvgIpc) is 2.71. The Morgan fingerprint density at radius 1 is 1.50 bits per heavy atom. The van der Waals surface area contributed by atoms with Gasteiger partial charge in [0, 0.05) is 10.7 Å². The molecule has 100 valence electrons. The van der Waals surface area contributed by atoms with Gasteiger partial charge < -0.3 is 10.1 Å². The highest BCUT2D eigenvalue weighted by Crippen LogP contribution is 2.39. The number of hydrogen-bond donors (Lipinski definition) is 0. The zero-order valence-electron chi connectivity index (χ0n) is 10.6. The molecule has 2 rings (SSSR count). The monoisotopic (exact) mass is 315 g/mol. The summed E-state index contributed by atoms with van der Waals surface area (Å²) in [4.78, 5) is 10.4. The fraction of sp³-hybridized carbons (Fsp3) is 0.750. The minimum absolute atomic E-state index is 0.0180. The highest BCUT2D eigenvalue weighted by molar-refractivity contribution is 9.09. The van der Waals surface area contributed by atoms with Crippen molar-refractivity contribution >= 4 is 21.7 Å². The van der Waals surface area contributed by atoms with Gasteiger partial charge >= 0.3 is 5.82 Å². The van der Waals surface area contributed by atoms with Crippen LogP contribution in [0.15, 0.2) is 6.20 Å². The van der Waals surface area contributed by atoms with Gasteiger partial charge in [0.2, 0.25) is 0 Å². The van der Waals surface area contributed by atoms with Crippen LogP contribution < -0.4 is 0 Å². The van der Waals surface area contributed by atoms with Gasteiger partial charge in [-0.2, -0.15) is 4.68 Å². The molecule has 1 aromatic rings. The Hall–Kier alpha value is -0.910. The van der Waals surface area contributed by atoms with Gasteiger partial charge in [-0.15, -0.1) is 0 Å². The molecule has 0 spiro atoms. The van der Waals surface area contributed by atoms with Crippen LogP contribution >= 0.6 is 15.9 Å². The fourth-order valence-corrected chi connectivity index (χ4v) is 3.49. The molecule has 1 heterocycles. The lowest BCUT2D eigenvalue weighted by Crippen LogP contribution is -2.31. The Morgan fingerprint density at radius 3 is 2.67 bits per heavy atom. The van der Waals surface area contributed by atoms with Crippen LogP contribution in [0.1, 0.15) is 37.7 Å². The van der Waals surface area contributed by atoms with E-state index in [4.69, 9.17) is 0 Å². The lowest BCUT2D eigenvalue weighted by atomic mass is 9.76. The van der Waals surface area contributed by atoms with Crippen molar-refractivity contribution in [1.29, 1.82) is 0 Å². The third-order valence-corrected chi connectivity index (χ3v) is 4.98. The molecule has 1 aliphatic rings. The third kappa shape index (κ3) is 2.74. The van der Waals surface area contributed by atoms with Crippen molar-refractivity contribution in [3.63, 3.8) is 0 Å². The van der Waals surface area contributed by atoms with Crippen LogP contribution in [-0.2, 0) is 6.54 Å². The molecule has 0 atom stereocenters. The van der Waals surface area contributed by atoms with Crippen molar-refractivity contribution in [2.24, 2.45) is 5.41 Å². The van der Waals surface area contributed by atoms with E-state index < -0.39 is 4.92 Å². The smallest absolute Gasteiger partial charge is 0.358 e. The predicted molar refractivity (Wildman–Crippen MR) is 72.9 cm³/mol. The van der Waals surface area contributed by atoms with Crippen molar-refractivity contribution in [2.45, 2.75) is 45.6 Å². The number of aryl methyl sites for hydroxylation is 1. The maximum atomic E-state index is 10.8. The van der Waals surface area contributed by atoms with Gasteiger partial charge in [0.05, 0.1) is 23.4 Å². The van der Waals surface area contributed by atoms with Crippen LogP contribution in [0.2, 0.25) is 0 Å². The number of aromatic nitrogens is 2. The maximum Gasteiger partial charge on any atom is 0.392 e. The van der Waals surface area contributed by atoms with Crippen molar-refractivity contribution in [2.75, 3.05) is 5.33 Å². The fourth-order valence-electron chi connectivity index (χ4n) is 2.75. The molecule has 0 aromatic carbocycles. The van der Waals surface area contributed by atoms with Crippen LogP contribution in [0.4, 0.5) is 5.82 Å². The van der Waals surface area contributed by atoms with E-state index in [2.05, 4.69) is 21.0 Å². The molecule has 1 saturated carbocycles. The molecule has 1 fully saturated rings. The minimum atomic E-state index is -0.409. The van der Waals surface area contributed by atoms with Gasteiger partial charge in [0.15, 0.2) is 0 Å². The molecule has 5 nitrogen and oxygen atoms in total. The summed E-state index contributed by atoms with van der Waals surface area (Å²) < 4.78 is 1.75. The largest absolute Gasteiger partial charge is 0.392 e. The molecule has 0 saturated heterocycles.